The van der Waals surface area contributed by atoms with Crippen molar-refractivity contribution in [3.8, 4) is 0 Å². The van der Waals surface area contributed by atoms with Crippen LogP contribution in [-0.2, 0) is 16.0 Å². The van der Waals surface area contributed by atoms with Crippen molar-refractivity contribution in [2.45, 2.75) is 25.3 Å². The van der Waals surface area contributed by atoms with Crippen molar-refractivity contribution in [1.29, 1.82) is 0 Å². The molecule has 1 saturated heterocycles. The molecule has 5 heteroatoms. The fraction of sp³-hybridized carbons (Fsp3) is 0.667. The molecule has 3 heterocycles. The lowest BCUT2D eigenvalue weighted by atomic mass is 9.99. The maximum atomic E-state index is 12.7. The maximum absolute atomic E-state index is 12.7. The van der Waals surface area contributed by atoms with Crippen LogP contribution in [-0.4, -0.2) is 44.2 Å². The molecular weight excluding hydrogens is 256 g/mol. The summed E-state index contributed by atoms with van der Waals surface area (Å²) in [5, 5.41) is 3.09. The Labute approximate surface area is 119 Å². The lowest BCUT2D eigenvalue weighted by Crippen LogP contribution is -2.42. The SMILES string of the molecule is CNC1C(=O)N(CC2CCOCC2)CCc2ccoc21. The van der Waals surface area contributed by atoms with Gasteiger partial charge in [-0.1, -0.05) is 0 Å². The van der Waals surface area contributed by atoms with Crippen LogP contribution >= 0.6 is 0 Å². The molecule has 0 bridgehead atoms. The van der Waals surface area contributed by atoms with Gasteiger partial charge in [-0.2, -0.15) is 0 Å². The van der Waals surface area contributed by atoms with Gasteiger partial charge in [0.2, 0.25) is 5.91 Å². The van der Waals surface area contributed by atoms with Crippen molar-refractivity contribution in [3.05, 3.63) is 23.7 Å². The number of carbonyl (C=O) groups is 1. The van der Waals surface area contributed by atoms with E-state index in [2.05, 4.69) is 5.32 Å². The van der Waals surface area contributed by atoms with Gasteiger partial charge in [0.25, 0.3) is 0 Å². The maximum Gasteiger partial charge on any atom is 0.247 e. The van der Waals surface area contributed by atoms with Gasteiger partial charge in [0, 0.05) is 26.3 Å². The summed E-state index contributed by atoms with van der Waals surface area (Å²) < 4.78 is 10.9. The summed E-state index contributed by atoms with van der Waals surface area (Å²) in [6.07, 6.45) is 4.66. The number of amides is 1. The van der Waals surface area contributed by atoms with Crippen molar-refractivity contribution in [1.82, 2.24) is 10.2 Å². The Kier molecular flexibility index (Phi) is 4.08. The Morgan fingerprint density at radius 1 is 1.40 bits per heavy atom. The summed E-state index contributed by atoms with van der Waals surface area (Å²) in [4.78, 5) is 14.7. The molecule has 1 aromatic heterocycles. The molecule has 2 aliphatic heterocycles. The predicted octanol–water partition coefficient (Wildman–Crippen LogP) is 1.35. The van der Waals surface area contributed by atoms with E-state index in [1.54, 1.807) is 6.26 Å². The van der Waals surface area contributed by atoms with E-state index in [0.29, 0.717) is 5.92 Å². The summed E-state index contributed by atoms with van der Waals surface area (Å²) in [7, 11) is 1.81. The molecular formula is C15H22N2O3. The lowest BCUT2D eigenvalue weighted by molar-refractivity contribution is -0.134. The molecule has 1 atom stereocenters. The molecule has 0 aliphatic carbocycles. The highest BCUT2D eigenvalue weighted by molar-refractivity contribution is 5.83. The number of fused-ring (bicyclic) bond motifs is 1. The summed E-state index contributed by atoms with van der Waals surface area (Å²) in [6, 6.07) is 1.63. The van der Waals surface area contributed by atoms with E-state index in [1.807, 2.05) is 18.0 Å². The third-order valence-corrected chi connectivity index (χ3v) is 4.36. The standard InChI is InChI=1S/C15H22N2O3/c1-16-13-14-12(5-9-20-14)2-6-17(15(13)18)10-11-3-7-19-8-4-11/h5,9,11,13,16H,2-4,6-8,10H2,1H3. The Bertz CT molecular complexity index is 465. The van der Waals surface area contributed by atoms with Gasteiger partial charge in [-0.05, 0) is 43.9 Å². The third kappa shape index (κ3) is 2.60. The van der Waals surface area contributed by atoms with Crippen molar-refractivity contribution >= 4 is 5.91 Å². The van der Waals surface area contributed by atoms with Crippen molar-refractivity contribution in [2.75, 3.05) is 33.4 Å². The zero-order chi connectivity index (χ0) is 13.9. The zero-order valence-electron chi connectivity index (χ0n) is 11.9. The second-order valence-corrected chi connectivity index (χ2v) is 5.62. The summed E-state index contributed by atoms with van der Waals surface area (Å²) in [6.45, 7) is 3.26. The van der Waals surface area contributed by atoms with Crippen LogP contribution in [0.3, 0.4) is 0 Å². The van der Waals surface area contributed by atoms with E-state index in [9.17, 15) is 4.79 Å². The number of carbonyl (C=O) groups excluding carboxylic acids is 1. The summed E-state index contributed by atoms with van der Waals surface area (Å²) in [5.74, 6) is 1.48. The number of likely N-dealkylation sites (N-methyl/N-ethyl adjacent to an activating group) is 1. The van der Waals surface area contributed by atoms with Gasteiger partial charge in [-0.25, -0.2) is 0 Å². The van der Waals surface area contributed by atoms with Crippen molar-refractivity contribution < 1.29 is 13.9 Å². The first-order valence-electron chi connectivity index (χ1n) is 7.39. The second kappa shape index (κ2) is 5.97. The first-order chi connectivity index (χ1) is 9.79. The summed E-state index contributed by atoms with van der Waals surface area (Å²) in [5.41, 5.74) is 1.15. The first-order valence-corrected chi connectivity index (χ1v) is 7.39. The van der Waals surface area contributed by atoms with Gasteiger partial charge >= 0.3 is 0 Å². The number of nitrogens with zero attached hydrogens (tertiary/aromatic N) is 1. The lowest BCUT2D eigenvalue weighted by Gasteiger charge is -2.30. The van der Waals surface area contributed by atoms with Gasteiger partial charge < -0.3 is 19.4 Å². The molecule has 0 saturated carbocycles. The third-order valence-electron chi connectivity index (χ3n) is 4.36. The Morgan fingerprint density at radius 2 is 2.20 bits per heavy atom. The minimum Gasteiger partial charge on any atom is -0.467 e. The van der Waals surface area contributed by atoms with Gasteiger partial charge in [0.05, 0.1) is 6.26 Å². The molecule has 0 spiro atoms. The molecule has 1 aromatic rings. The average Bonchev–Trinajstić information content (AvgIpc) is 2.89. The van der Waals surface area contributed by atoms with Gasteiger partial charge in [-0.15, -0.1) is 0 Å². The average molecular weight is 278 g/mol. The molecule has 5 nitrogen and oxygen atoms in total. The highest BCUT2D eigenvalue weighted by Crippen LogP contribution is 2.27. The molecule has 1 fully saturated rings. The molecule has 110 valence electrons. The van der Waals surface area contributed by atoms with E-state index in [4.69, 9.17) is 9.15 Å². The Morgan fingerprint density at radius 3 is 2.95 bits per heavy atom. The van der Waals surface area contributed by atoms with Gasteiger partial charge in [0.1, 0.15) is 11.8 Å². The number of ether oxygens (including phenoxy) is 1. The molecule has 3 rings (SSSR count). The van der Waals surface area contributed by atoms with Crippen LogP contribution in [0.25, 0.3) is 0 Å². The van der Waals surface area contributed by atoms with E-state index in [-0.39, 0.29) is 11.9 Å². The van der Waals surface area contributed by atoms with E-state index in [0.717, 1.165) is 56.9 Å². The molecule has 1 amide bonds. The van der Waals surface area contributed by atoms with Crippen LogP contribution in [0.15, 0.2) is 16.7 Å². The van der Waals surface area contributed by atoms with E-state index in [1.165, 1.54) is 0 Å². The van der Waals surface area contributed by atoms with Crippen LogP contribution in [0.2, 0.25) is 0 Å². The number of hydrogen-bond acceptors (Lipinski definition) is 4. The monoisotopic (exact) mass is 278 g/mol. The second-order valence-electron chi connectivity index (χ2n) is 5.62. The molecule has 2 aliphatic rings. The predicted molar refractivity (Wildman–Crippen MR) is 74.3 cm³/mol. The highest BCUT2D eigenvalue weighted by atomic mass is 16.5. The van der Waals surface area contributed by atoms with Crippen molar-refractivity contribution in [3.63, 3.8) is 0 Å². The van der Waals surface area contributed by atoms with Crippen LogP contribution in [0, 0.1) is 5.92 Å². The fourth-order valence-corrected chi connectivity index (χ4v) is 3.14. The van der Waals surface area contributed by atoms with Crippen LogP contribution < -0.4 is 5.32 Å². The van der Waals surface area contributed by atoms with Crippen molar-refractivity contribution in [2.24, 2.45) is 5.92 Å². The number of rotatable bonds is 3. The number of hydrogen-bond donors (Lipinski definition) is 1. The van der Waals surface area contributed by atoms with Gasteiger partial charge in [-0.3, -0.25) is 4.79 Å². The minimum absolute atomic E-state index is 0.132. The van der Waals surface area contributed by atoms with E-state index >= 15 is 0 Å². The molecule has 0 aromatic carbocycles. The van der Waals surface area contributed by atoms with Crippen LogP contribution in [0.1, 0.15) is 30.2 Å². The quantitative estimate of drug-likeness (QED) is 0.907. The van der Waals surface area contributed by atoms with Crippen LogP contribution in [0.5, 0.6) is 0 Å². The normalized spacial score (nSPS) is 24.6. The van der Waals surface area contributed by atoms with E-state index < -0.39 is 0 Å². The minimum atomic E-state index is -0.345. The zero-order valence-corrected chi connectivity index (χ0v) is 11.9. The number of furan rings is 1. The smallest absolute Gasteiger partial charge is 0.247 e. The molecule has 1 unspecified atom stereocenters. The Hall–Kier alpha value is -1.33. The first kappa shape index (κ1) is 13.6. The van der Waals surface area contributed by atoms with Crippen LogP contribution in [0.4, 0.5) is 0 Å². The fourth-order valence-electron chi connectivity index (χ4n) is 3.14. The Balaban J connectivity index is 1.73. The van der Waals surface area contributed by atoms with Gasteiger partial charge in [0.15, 0.2) is 0 Å². The number of nitrogens with one attached hydrogen (secondary N) is 1. The molecule has 0 radical (unpaired) electrons. The largest absolute Gasteiger partial charge is 0.467 e. The summed E-state index contributed by atoms with van der Waals surface area (Å²) >= 11 is 0. The molecule has 1 N–H and O–H groups in total. The highest BCUT2D eigenvalue weighted by Gasteiger charge is 2.33. The topological polar surface area (TPSA) is 54.7 Å². The molecule has 20 heavy (non-hydrogen) atoms.